The van der Waals surface area contributed by atoms with Gasteiger partial charge in [0.05, 0.1) is 30.4 Å². The number of nitrogens with zero attached hydrogens (tertiary/aromatic N) is 2. The summed E-state index contributed by atoms with van der Waals surface area (Å²) < 4.78 is 6.42. The first-order valence-corrected chi connectivity index (χ1v) is 12.5. The number of nitrogens with one attached hydrogen (secondary N) is 3. The third kappa shape index (κ3) is 7.13. The van der Waals surface area contributed by atoms with Gasteiger partial charge in [0.2, 0.25) is 0 Å². The number of hydrogen-bond donors (Lipinski definition) is 4. The molecule has 200 valence electrons. The lowest BCUT2D eigenvalue weighted by atomic mass is 9.99. The third-order valence-corrected chi connectivity index (χ3v) is 6.18. The van der Waals surface area contributed by atoms with E-state index in [1.54, 1.807) is 49.2 Å². The number of benzene rings is 2. The molecule has 4 N–H and O–H groups in total. The van der Waals surface area contributed by atoms with E-state index in [2.05, 4.69) is 16.0 Å². The summed E-state index contributed by atoms with van der Waals surface area (Å²) in [6.45, 7) is 7.75. The predicted molar refractivity (Wildman–Crippen MR) is 143 cm³/mol. The highest BCUT2D eigenvalue weighted by Crippen LogP contribution is 2.35. The Hall–Kier alpha value is -3.79. The summed E-state index contributed by atoms with van der Waals surface area (Å²) >= 11 is 0. The van der Waals surface area contributed by atoms with Gasteiger partial charge in [-0.3, -0.25) is 4.79 Å². The highest BCUT2D eigenvalue weighted by Gasteiger charge is 2.35. The first-order chi connectivity index (χ1) is 17.6. The van der Waals surface area contributed by atoms with Gasteiger partial charge in [-0.1, -0.05) is 31.2 Å². The van der Waals surface area contributed by atoms with Gasteiger partial charge < -0.3 is 35.6 Å². The minimum absolute atomic E-state index is 0.0847. The summed E-state index contributed by atoms with van der Waals surface area (Å²) in [7, 11) is 1.67. The fraction of sp³-hybridized carbons (Fsp3) is 0.444. The van der Waals surface area contributed by atoms with Crippen molar-refractivity contribution in [3.8, 4) is 5.75 Å². The second-order valence-electron chi connectivity index (χ2n) is 9.73. The fourth-order valence-corrected chi connectivity index (χ4v) is 4.07. The topological polar surface area (TPSA) is 123 Å². The molecule has 1 aliphatic rings. The summed E-state index contributed by atoms with van der Waals surface area (Å²) in [5.74, 6) is -0.268. The Labute approximate surface area is 218 Å². The molecule has 1 aliphatic heterocycles. The zero-order valence-electron chi connectivity index (χ0n) is 22.0. The summed E-state index contributed by atoms with van der Waals surface area (Å²) in [6, 6.07) is 12.9. The van der Waals surface area contributed by atoms with Gasteiger partial charge in [0.1, 0.15) is 6.10 Å². The van der Waals surface area contributed by atoms with Crippen molar-refractivity contribution in [3.05, 3.63) is 54.1 Å². The van der Waals surface area contributed by atoms with Gasteiger partial charge in [-0.05, 0) is 45.0 Å². The Morgan fingerprint density at radius 2 is 1.81 bits per heavy atom. The Bertz CT molecular complexity index is 1090. The molecule has 2 aromatic carbocycles. The van der Waals surface area contributed by atoms with Gasteiger partial charge in [0, 0.05) is 31.2 Å². The lowest BCUT2D eigenvalue weighted by molar-refractivity contribution is 0.0373. The normalized spacial score (nSPS) is 18.1. The summed E-state index contributed by atoms with van der Waals surface area (Å²) in [4.78, 5) is 42.0. The number of para-hydroxylation sites is 2. The van der Waals surface area contributed by atoms with E-state index in [0.29, 0.717) is 17.9 Å². The maximum atomic E-state index is 13.5. The predicted octanol–water partition coefficient (Wildman–Crippen LogP) is 3.60. The molecule has 1 heterocycles. The van der Waals surface area contributed by atoms with Gasteiger partial charge in [0.25, 0.3) is 5.91 Å². The molecule has 3 atom stereocenters. The van der Waals surface area contributed by atoms with Crippen LogP contribution in [-0.2, 0) is 0 Å². The molecule has 2 aromatic rings. The number of aliphatic hydroxyl groups excluding tert-OH is 1. The van der Waals surface area contributed by atoms with Gasteiger partial charge in [-0.2, -0.15) is 0 Å². The van der Waals surface area contributed by atoms with Crippen molar-refractivity contribution >= 4 is 29.3 Å². The third-order valence-electron chi connectivity index (χ3n) is 6.18. The largest absolute Gasteiger partial charge is 0.485 e. The number of ether oxygens (including phenoxy) is 1. The van der Waals surface area contributed by atoms with Crippen LogP contribution in [0.5, 0.6) is 5.75 Å². The molecule has 0 spiro atoms. The van der Waals surface area contributed by atoms with Crippen molar-refractivity contribution < 1.29 is 24.2 Å². The zero-order valence-corrected chi connectivity index (χ0v) is 22.0. The van der Waals surface area contributed by atoms with E-state index in [9.17, 15) is 19.5 Å². The second kappa shape index (κ2) is 12.4. The molecule has 0 saturated heterocycles. The van der Waals surface area contributed by atoms with Crippen LogP contribution in [0.25, 0.3) is 0 Å². The Morgan fingerprint density at radius 1 is 1.11 bits per heavy atom. The van der Waals surface area contributed by atoms with Crippen molar-refractivity contribution in [3.63, 3.8) is 0 Å². The molecule has 0 saturated carbocycles. The summed E-state index contributed by atoms with van der Waals surface area (Å²) in [6.07, 6.45) is -0.511. The van der Waals surface area contributed by atoms with Crippen molar-refractivity contribution in [1.82, 2.24) is 15.1 Å². The quantitative estimate of drug-likeness (QED) is 0.452. The van der Waals surface area contributed by atoms with Crippen LogP contribution in [0.1, 0.15) is 38.1 Å². The van der Waals surface area contributed by atoms with Crippen LogP contribution in [0.15, 0.2) is 48.5 Å². The van der Waals surface area contributed by atoms with Crippen LogP contribution >= 0.6 is 0 Å². The van der Waals surface area contributed by atoms with Crippen molar-refractivity contribution in [1.29, 1.82) is 0 Å². The fourth-order valence-electron chi connectivity index (χ4n) is 4.07. The number of hydrogen-bond acceptors (Lipinski definition) is 5. The molecule has 3 rings (SSSR count). The number of urea groups is 2. The Balaban J connectivity index is 1.93. The monoisotopic (exact) mass is 511 g/mol. The average Bonchev–Trinajstić information content (AvgIpc) is 2.86. The molecule has 10 nitrogen and oxygen atoms in total. The molecule has 0 fully saturated rings. The minimum Gasteiger partial charge on any atom is -0.485 e. The highest BCUT2D eigenvalue weighted by molar-refractivity contribution is 6.01. The van der Waals surface area contributed by atoms with E-state index in [0.717, 1.165) is 0 Å². The number of carbonyl (C=O) groups is 3. The number of fused-ring (bicyclic) bond motifs is 1. The van der Waals surface area contributed by atoms with E-state index in [1.165, 1.54) is 4.90 Å². The number of rotatable bonds is 7. The average molecular weight is 512 g/mol. The first kappa shape index (κ1) is 27.8. The summed E-state index contributed by atoms with van der Waals surface area (Å²) in [5.41, 5.74) is 1.29. The highest BCUT2D eigenvalue weighted by atomic mass is 16.5. The van der Waals surface area contributed by atoms with Gasteiger partial charge in [-0.15, -0.1) is 0 Å². The van der Waals surface area contributed by atoms with Crippen LogP contribution in [-0.4, -0.2) is 77.8 Å². The molecule has 0 unspecified atom stereocenters. The molecular formula is C27H37N5O5. The van der Waals surface area contributed by atoms with Crippen molar-refractivity contribution in [2.24, 2.45) is 5.92 Å². The van der Waals surface area contributed by atoms with Crippen LogP contribution in [0.4, 0.5) is 21.0 Å². The molecular weight excluding hydrogens is 474 g/mol. The SMILES string of the molecule is CC(C)NC(=O)Nc1cccc2c1O[C@H](CN(C)C(=O)Nc1ccccc1)[C@H](C)CN([C@@H](C)CO)C2=O. The van der Waals surface area contributed by atoms with E-state index in [4.69, 9.17) is 4.74 Å². The number of amides is 5. The zero-order chi connectivity index (χ0) is 27.1. The smallest absolute Gasteiger partial charge is 0.321 e. The van der Waals surface area contributed by atoms with E-state index in [1.807, 2.05) is 39.0 Å². The van der Waals surface area contributed by atoms with E-state index in [-0.39, 0.29) is 48.4 Å². The van der Waals surface area contributed by atoms with Crippen LogP contribution in [0.2, 0.25) is 0 Å². The van der Waals surface area contributed by atoms with Gasteiger partial charge >= 0.3 is 12.1 Å². The Morgan fingerprint density at radius 3 is 2.46 bits per heavy atom. The van der Waals surface area contributed by atoms with Gasteiger partial charge in [-0.25, -0.2) is 9.59 Å². The molecule has 0 radical (unpaired) electrons. The van der Waals surface area contributed by atoms with Crippen LogP contribution in [0, 0.1) is 5.92 Å². The first-order valence-electron chi connectivity index (χ1n) is 12.5. The maximum Gasteiger partial charge on any atom is 0.321 e. The molecule has 10 heteroatoms. The van der Waals surface area contributed by atoms with E-state index >= 15 is 0 Å². The molecule has 0 aromatic heterocycles. The number of carbonyl (C=O) groups excluding carboxylic acids is 3. The van der Waals surface area contributed by atoms with E-state index < -0.39 is 18.2 Å². The molecule has 37 heavy (non-hydrogen) atoms. The lowest BCUT2D eigenvalue weighted by Gasteiger charge is -2.38. The number of aliphatic hydroxyl groups is 1. The standard InChI is InChI=1S/C27H37N5O5/c1-17(2)28-26(35)30-22-13-9-12-21-24(22)37-23(18(3)14-32(25(21)34)19(4)16-33)15-31(5)27(36)29-20-10-7-6-8-11-20/h6-13,17-19,23,33H,14-16H2,1-5H3,(H,29,36)(H2,28,30,35)/t18-,19+,23-/m1/s1. The molecule has 5 amide bonds. The maximum absolute atomic E-state index is 13.5. The second-order valence-corrected chi connectivity index (χ2v) is 9.73. The minimum atomic E-state index is -0.511. The van der Waals surface area contributed by atoms with Crippen LogP contribution in [0.3, 0.4) is 0 Å². The van der Waals surface area contributed by atoms with Gasteiger partial charge in [0.15, 0.2) is 5.75 Å². The Kier molecular flexibility index (Phi) is 9.35. The number of likely N-dealkylation sites (N-methyl/N-ethyl adjacent to an activating group) is 1. The lowest BCUT2D eigenvalue weighted by Crippen LogP contribution is -2.50. The molecule has 0 aliphatic carbocycles. The van der Waals surface area contributed by atoms with Crippen molar-refractivity contribution in [2.75, 3.05) is 37.4 Å². The summed E-state index contributed by atoms with van der Waals surface area (Å²) in [5, 5.41) is 18.2. The van der Waals surface area contributed by atoms with Crippen LogP contribution < -0.4 is 20.7 Å². The molecule has 0 bridgehead atoms. The van der Waals surface area contributed by atoms with Crippen molar-refractivity contribution in [2.45, 2.75) is 45.9 Å². The number of anilines is 2.